The molecule has 3 rings (SSSR count). The van der Waals surface area contributed by atoms with Crippen LogP contribution in [0.5, 0.6) is 5.75 Å². The maximum absolute atomic E-state index is 14.2. The largest absolute Gasteiger partial charge is 0.483 e. The summed E-state index contributed by atoms with van der Waals surface area (Å²) in [5.74, 6) is -1.22. The highest BCUT2D eigenvalue weighted by Crippen LogP contribution is 2.29. The highest BCUT2D eigenvalue weighted by molar-refractivity contribution is 6.30. The van der Waals surface area contributed by atoms with Crippen LogP contribution in [0, 0.1) is 5.82 Å². The molecule has 4 N–H and O–H groups in total. The van der Waals surface area contributed by atoms with E-state index in [1.54, 1.807) is 13.0 Å². The lowest BCUT2D eigenvalue weighted by Crippen LogP contribution is -2.38. The fourth-order valence-electron chi connectivity index (χ4n) is 3.51. The van der Waals surface area contributed by atoms with Crippen molar-refractivity contribution in [1.29, 1.82) is 0 Å². The van der Waals surface area contributed by atoms with Crippen molar-refractivity contribution in [3.05, 3.63) is 52.1 Å². The van der Waals surface area contributed by atoms with Crippen molar-refractivity contribution in [3.63, 3.8) is 0 Å². The van der Waals surface area contributed by atoms with Crippen molar-refractivity contribution in [3.8, 4) is 5.75 Å². The number of aliphatic hydroxyl groups is 1. The minimum atomic E-state index is -0.725. The van der Waals surface area contributed by atoms with Crippen molar-refractivity contribution in [2.24, 2.45) is 0 Å². The first kappa shape index (κ1) is 22.1. The Labute approximate surface area is 179 Å². The summed E-state index contributed by atoms with van der Waals surface area (Å²) in [4.78, 5) is 27.7. The van der Waals surface area contributed by atoms with Gasteiger partial charge in [0.15, 0.2) is 5.75 Å². The van der Waals surface area contributed by atoms with Gasteiger partial charge in [-0.05, 0) is 44.7 Å². The zero-order valence-electron chi connectivity index (χ0n) is 16.8. The van der Waals surface area contributed by atoms with Gasteiger partial charge in [0.25, 0.3) is 11.8 Å². The standard InChI is InChI=1S/C21H25ClFN3O4/c1-11(15-8-3-12(22)9-16(15)23)30-18-10-17(26-19(18)21(29)24-2)20(28)25-13-4-6-14(27)7-5-13/h3,8-11,13-14,26-27H,4-7H2,1-2H3,(H,24,29)(H,25,28)/t11?,13-,14-. The molecule has 1 saturated carbocycles. The van der Waals surface area contributed by atoms with Crippen LogP contribution in [0.1, 0.15) is 65.3 Å². The summed E-state index contributed by atoms with van der Waals surface area (Å²) in [6, 6.07) is 5.64. The molecule has 1 heterocycles. The summed E-state index contributed by atoms with van der Waals surface area (Å²) >= 11 is 5.80. The molecule has 1 aliphatic rings. The van der Waals surface area contributed by atoms with E-state index in [0.717, 1.165) is 0 Å². The molecule has 0 bridgehead atoms. The van der Waals surface area contributed by atoms with E-state index in [1.807, 2.05) is 0 Å². The third kappa shape index (κ3) is 5.12. The van der Waals surface area contributed by atoms with Crippen LogP contribution < -0.4 is 15.4 Å². The summed E-state index contributed by atoms with van der Waals surface area (Å²) in [6.07, 6.45) is 1.60. The van der Waals surface area contributed by atoms with Crippen molar-refractivity contribution in [1.82, 2.24) is 15.6 Å². The van der Waals surface area contributed by atoms with Gasteiger partial charge in [0.2, 0.25) is 0 Å². The lowest BCUT2D eigenvalue weighted by molar-refractivity contribution is 0.0863. The van der Waals surface area contributed by atoms with E-state index in [0.29, 0.717) is 25.7 Å². The molecule has 1 aromatic carbocycles. The highest BCUT2D eigenvalue weighted by Gasteiger charge is 2.25. The van der Waals surface area contributed by atoms with Crippen LogP contribution in [0.25, 0.3) is 0 Å². The third-order valence-electron chi connectivity index (χ3n) is 5.22. The molecule has 0 radical (unpaired) electrons. The number of amides is 2. The Hall–Kier alpha value is -2.58. The molecule has 7 nitrogen and oxygen atoms in total. The molecule has 9 heteroatoms. The van der Waals surface area contributed by atoms with Crippen molar-refractivity contribution in [2.75, 3.05) is 7.05 Å². The number of carbonyl (C=O) groups is 2. The molecular formula is C21H25ClFN3O4. The molecule has 1 atom stereocenters. The Morgan fingerprint density at radius 2 is 1.93 bits per heavy atom. The first-order valence-electron chi connectivity index (χ1n) is 9.84. The van der Waals surface area contributed by atoms with Crippen molar-refractivity contribution in [2.45, 2.75) is 50.9 Å². The number of benzene rings is 1. The molecule has 0 aliphatic heterocycles. The lowest BCUT2D eigenvalue weighted by atomic mass is 9.93. The molecule has 1 aliphatic carbocycles. The Bertz CT molecular complexity index is 925. The zero-order chi connectivity index (χ0) is 21.8. The molecule has 1 aromatic heterocycles. The number of nitrogens with one attached hydrogen (secondary N) is 3. The minimum Gasteiger partial charge on any atom is -0.483 e. The summed E-state index contributed by atoms with van der Waals surface area (Å²) < 4.78 is 20.0. The van der Waals surface area contributed by atoms with Crippen LogP contribution in [0.15, 0.2) is 24.3 Å². The first-order chi connectivity index (χ1) is 14.3. The van der Waals surface area contributed by atoms with Crippen LogP contribution in [0.2, 0.25) is 5.02 Å². The Balaban J connectivity index is 1.78. The van der Waals surface area contributed by atoms with Gasteiger partial charge in [-0.15, -0.1) is 0 Å². The van der Waals surface area contributed by atoms with E-state index >= 15 is 0 Å². The lowest BCUT2D eigenvalue weighted by Gasteiger charge is -2.25. The molecule has 0 saturated heterocycles. The fraction of sp³-hybridized carbons (Fsp3) is 0.429. The van der Waals surface area contributed by atoms with Crippen LogP contribution in [-0.4, -0.2) is 41.1 Å². The molecule has 1 unspecified atom stereocenters. The Morgan fingerprint density at radius 3 is 2.57 bits per heavy atom. The minimum absolute atomic E-state index is 0.0425. The summed E-state index contributed by atoms with van der Waals surface area (Å²) in [6.45, 7) is 1.64. The number of hydrogen-bond acceptors (Lipinski definition) is 4. The van der Waals surface area contributed by atoms with E-state index in [2.05, 4.69) is 15.6 Å². The molecule has 2 amide bonds. The average Bonchev–Trinajstić information content (AvgIpc) is 3.13. The SMILES string of the molecule is CNC(=O)c1[nH]c(C(=O)N[C@H]2CC[C@H](O)CC2)cc1OC(C)c1ccc(Cl)cc1F. The summed E-state index contributed by atoms with van der Waals surface area (Å²) in [7, 11) is 1.46. The maximum Gasteiger partial charge on any atom is 0.271 e. The van der Waals surface area contributed by atoms with Gasteiger partial charge in [0, 0.05) is 29.7 Å². The number of aromatic nitrogens is 1. The highest BCUT2D eigenvalue weighted by atomic mass is 35.5. The number of H-pyrrole nitrogens is 1. The average molecular weight is 438 g/mol. The maximum atomic E-state index is 14.2. The fourth-order valence-corrected chi connectivity index (χ4v) is 3.67. The second kappa shape index (κ2) is 9.49. The van der Waals surface area contributed by atoms with E-state index in [4.69, 9.17) is 16.3 Å². The number of aromatic amines is 1. The van der Waals surface area contributed by atoms with Crippen LogP contribution in [-0.2, 0) is 0 Å². The molecule has 1 fully saturated rings. The molecular weight excluding hydrogens is 413 g/mol. The topological polar surface area (TPSA) is 103 Å². The summed E-state index contributed by atoms with van der Waals surface area (Å²) in [5, 5.41) is 15.3. The van der Waals surface area contributed by atoms with Crippen molar-refractivity contribution >= 4 is 23.4 Å². The van der Waals surface area contributed by atoms with Gasteiger partial charge < -0.3 is 25.5 Å². The van der Waals surface area contributed by atoms with Crippen molar-refractivity contribution < 1.29 is 23.8 Å². The van der Waals surface area contributed by atoms with E-state index in [9.17, 15) is 19.1 Å². The quantitative estimate of drug-likeness (QED) is 0.556. The number of halogens is 2. The van der Waals surface area contributed by atoms with Gasteiger partial charge >= 0.3 is 0 Å². The summed E-state index contributed by atoms with van der Waals surface area (Å²) in [5.41, 5.74) is 0.511. The monoisotopic (exact) mass is 437 g/mol. The van der Waals surface area contributed by atoms with E-state index in [-0.39, 0.29) is 45.8 Å². The number of rotatable bonds is 6. The van der Waals surface area contributed by atoms with Crippen LogP contribution in [0.3, 0.4) is 0 Å². The number of ether oxygens (including phenoxy) is 1. The Kier molecular flexibility index (Phi) is 6.99. The van der Waals surface area contributed by atoms with Gasteiger partial charge in [0.05, 0.1) is 6.10 Å². The van der Waals surface area contributed by atoms with Crippen LogP contribution in [0.4, 0.5) is 4.39 Å². The number of carbonyl (C=O) groups excluding carboxylic acids is 2. The van der Waals surface area contributed by atoms with Gasteiger partial charge in [-0.25, -0.2) is 4.39 Å². The molecule has 0 spiro atoms. The predicted octanol–water partition coefficient (Wildman–Crippen LogP) is 3.34. The second-order valence-electron chi connectivity index (χ2n) is 7.41. The van der Waals surface area contributed by atoms with Gasteiger partial charge in [0.1, 0.15) is 23.3 Å². The predicted molar refractivity (Wildman–Crippen MR) is 110 cm³/mol. The van der Waals surface area contributed by atoms with E-state index in [1.165, 1.54) is 25.2 Å². The first-order valence-corrected chi connectivity index (χ1v) is 10.2. The zero-order valence-corrected chi connectivity index (χ0v) is 17.6. The number of hydrogen-bond donors (Lipinski definition) is 4. The van der Waals surface area contributed by atoms with Gasteiger partial charge in [-0.2, -0.15) is 0 Å². The second-order valence-corrected chi connectivity index (χ2v) is 7.84. The molecule has 162 valence electrons. The number of aliphatic hydroxyl groups excluding tert-OH is 1. The normalized spacial score (nSPS) is 19.8. The third-order valence-corrected chi connectivity index (χ3v) is 5.45. The van der Waals surface area contributed by atoms with Crippen LogP contribution >= 0.6 is 11.6 Å². The van der Waals surface area contributed by atoms with E-state index < -0.39 is 17.8 Å². The Morgan fingerprint density at radius 1 is 1.23 bits per heavy atom. The molecule has 30 heavy (non-hydrogen) atoms. The molecule has 2 aromatic rings. The van der Waals surface area contributed by atoms with Gasteiger partial charge in [-0.1, -0.05) is 17.7 Å². The van der Waals surface area contributed by atoms with Gasteiger partial charge in [-0.3, -0.25) is 9.59 Å². The smallest absolute Gasteiger partial charge is 0.271 e.